The number of halogens is 4. The first kappa shape index (κ1) is 22.9. The zero-order chi connectivity index (χ0) is 22.6. The molecule has 1 amide bonds. The first-order valence-corrected chi connectivity index (χ1v) is 10.1. The lowest BCUT2D eigenvalue weighted by Crippen LogP contribution is -2.67. The molecule has 2 saturated heterocycles. The molecule has 1 atom stereocenters. The predicted octanol–water partition coefficient (Wildman–Crippen LogP) is 3.37. The van der Waals surface area contributed by atoms with Gasteiger partial charge in [-0.05, 0) is 23.6 Å². The van der Waals surface area contributed by atoms with Crippen LogP contribution < -0.4 is 4.74 Å². The molecule has 2 aliphatic heterocycles. The maximum Gasteiger partial charge on any atom is 0.490 e. The maximum atomic E-state index is 13.7. The quantitative estimate of drug-likeness (QED) is 0.704. The molecule has 4 heterocycles. The van der Waals surface area contributed by atoms with Crippen LogP contribution in [0.5, 0.6) is 5.88 Å². The van der Waals surface area contributed by atoms with Crippen LogP contribution in [-0.2, 0) is 9.53 Å². The molecule has 1 spiro atoms. The van der Waals surface area contributed by atoms with Gasteiger partial charge in [0.1, 0.15) is 11.7 Å². The van der Waals surface area contributed by atoms with Gasteiger partial charge in [-0.2, -0.15) is 24.5 Å². The Morgan fingerprint density at radius 2 is 2.03 bits per heavy atom. The average molecular weight is 462 g/mol. The van der Waals surface area contributed by atoms with Crippen LogP contribution in [0.4, 0.5) is 17.6 Å². The Kier molecular flexibility index (Phi) is 6.80. The van der Waals surface area contributed by atoms with Gasteiger partial charge in [0, 0.05) is 24.4 Å². The van der Waals surface area contributed by atoms with Crippen molar-refractivity contribution in [1.29, 1.82) is 0 Å². The van der Waals surface area contributed by atoms with Crippen molar-refractivity contribution in [2.24, 2.45) is 0 Å². The molecule has 2 fully saturated rings. The zero-order valence-corrected chi connectivity index (χ0v) is 16.8. The van der Waals surface area contributed by atoms with E-state index >= 15 is 0 Å². The molecule has 0 radical (unpaired) electrons. The monoisotopic (exact) mass is 462 g/mol. The summed E-state index contributed by atoms with van der Waals surface area (Å²) < 4.78 is 57.1. The largest absolute Gasteiger partial charge is 0.490 e. The van der Waals surface area contributed by atoms with Crippen molar-refractivity contribution < 1.29 is 41.7 Å². The Balaban J connectivity index is 0.000000339. The summed E-state index contributed by atoms with van der Waals surface area (Å²) in [6.45, 7) is 1.64. The van der Waals surface area contributed by atoms with Crippen molar-refractivity contribution in [2.45, 2.75) is 30.7 Å². The molecule has 7 nitrogen and oxygen atoms in total. The van der Waals surface area contributed by atoms with Crippen molar-refractivity contribution in [1.82, 2.24) is 9.88 Å². The van der Waals surface area contributed by atoms with Crippen molar-refractivity contribution in [3.8, 4) is 5.88 Å². The number of aliphatic carboxylic acids is 1. The first-order chi connectivity index (χ1) is 14.6. The zero-order valence-electron chi connectivity index (χ0n) is 16.0. The topological polar surface area (TPSA) is 89.0 Å². The van der Waals surface area contributed by atoms with Gasteiger partial charge in [0.25, 0.3) is 11.8 Å². The maximum absolute atomic E-state index is 13.7. The van der Waals surface area contributed by atoms with Gasteiger partial charge in [0.05, 0.1) is 25.3 Å². The molecule has 2 aromatic rings. The minimum absolute atomic E-state index is 0.0317. The van der Waals surface area contributed by atoms with E-state index in [4.69, 9.17) is 19.4 Å². The fraction of sp³-hybridized carbons (Fsp3) is 0.421. The Hall–Kier alpha value is -2.73. The summed E-state index contributed by atoms with van der Waals surface area (Å²) in [7, 11) is 0. The van der Waals surface area contributed by atoms with E-state index in [0.29, 0.717) is 38.1 Å². The highest BCUT2D eigenvalue weighted by atomic mass is 32.1. The summed E-state index contributed by atoms with van der Waals surface area (Å²) in [5, 5.41) is 10.9. The Morgan fingerprint density at radius 1 is 1.32 bits per heavy atom. The van der Waals surface area contributed by atoms with E-state index < -0.39 is 18.0 Å². The number of hydrogen-bond donors (Lipinski definition) is 1. The predicted molar refractivity (Wildman–Crippen MR) is 100 cm³/mol. The van der Waals surface area contributed by atoms with Crippen molar-refractivity contribution >= 4 is 23.2 Å². The summed E-state index contributed by atoms with van der Waals surface area (Å²) in [5.74, 6) is -3.15. The number of rotatable bonds is 3. The average Bonchev–Trinajstić information content (AvgIpc) is 3.22. The Bertz CT molecular complexity index is 916. The molecule has 1 unspecified atom stereocenters. The first-order valence-electron chi connectivity index (χ1n) is 9.12. The van der Waals surface area contributed by atoms with Gasteiger partial charge in [-0.15, -0.1) is 0 Å². The van der Waals surface area contributed by atoms with Crippen LogP contribution in [0.1, 0.15) is 23.2 Å². The van der Waals surface area contributed by atoms with Crippen molar-refractivity contribution in [2.75, 3.05) is 19.7 Å². The number of nitrogens with zero attached hydrogens (tertiary/aromatic N) is 2. The smallest absolute Gasteiger partial charge is 0.475 e. The molecule has 168 valence electrons. The molecule has 0 saturated carbocycles. The van der Waals surface area contributed by atoms with E-state index in [0.717, 1.165) is 0 Å². The van der Waals surface area contributed by atoms with Crippen LogP contribution in [0.2, 0.25) is 0 Å². The molecule has 12 heteroatoms. The van der Waals surface area contributed by atoms with Crippen LogP contribution >= 0.6 is 11.3 Å². The molecule has 0 bridgehead atoms. The second-order valence-electron chi connectivity index (χ2n) is 7.03. The number of alkyl halides is 3. The Labute approximate surface area is 178 Å². The highest BCUT2D eigenvalue weighted by molar-refractivity contribution is 7.08. The van der Waals surface area contributed by atoms with E-state index in [2.05, 4.69) is 4.98 Å². The van der Waals surface area contributed by atoms with Crippen LogP contribution in [0.25, 0.3) is 0 Å². The summed E-state index contributed by atoms with van der Waals surface area (Å²) in [5.41, 5.74) is 0.342. The number of carboxylic acid groups (broad SMARTS) is 1. The molecule has 31 heavy (non-hydrogen) atoms. The normalized spacial score (nSPS) is 19.7. The van der Waals surface area contributed by atoms with Gasteiger partial charge in [-0.25, -0.2) is 14.2 Å². The van der Waals surface area contributed by atoms with E-state index in [1.165, 1.54) is 29.7 Å². The van der Waals surface area contributed by atoms with Gasteiger partial charge in [-0.1, -0.05) is 0 Å². The number of carbonyl (C=O) groups excluding carboxylic acids is 1. The molecule has 2 aliphatic rings. The van der Waals surface area contributed by atoms with Crippen LogP contribution in [0.3, 0.4) is 0 Å². The molecule has 4 rings (SSSR count). The standard InChI is InChI=1S/C17H17FN2O3S.C2HF3O2/c18-14-2-1-5-19-15(14)23-13-3-6-22-17(8-13)10-20(11-17)16(21)12-4-7-24-9-12;3-2(4,5)1(6)7/h1-2,4-5,7,9,13H,3,6,8,10-11H2;(H,6,7). The number of aromatic nitrogens is 1. The number of pyridine rings is 1. The molecule has 0 aromatic carbocycles. The third-order valence-corrected chi connectivity index (χ3v) is 5.39. The molecule has 2 aromatic heterocycles. The fourth-order valence-corrected chi connectivity index (χ4v) is 3.91. The SMILES string of the molecule is O=C(O)C(F)(F)F.O=C(c1ccsc1)N1CC2(CC(Oc3ncccc3F)CCO2)C1. The number of ether oxygens (including phenoxy) is 2. The highest BCUT2D eigenvalue weighted by Crippen LogP contribution is 2.36. The number of amides is 1. The van der Waals surface area contributed by atoms with Crippen LogP contribution in [-0.4, -0.2) is 64.4 Å². The lowest BCUT2D eigenvalue weighted by atomic mass is 9.84. The van der Waals surface area contributed by atoms with Crippen molar-refractivity contribution in [3.63, 3.8) is 0 Å². The highest BCUT2D eigenvalue weighted by Gasteiger charge is 2.50. The third-order valence-electron chi connectivity index (χ3n) is 4.71. The summed E-state index contributed by atoms with van der Waals surface area (Å²) in [4.78, 5) is 26.9. The minimum atomic E-state index is -5.08. The number of thiophene rings is 1. The number of carboxylic acids is 1. The van der Waals surface area contributed by atoms with Crippen LogP contribution in [0.15, 0.2) is 35.2 Å². The van der Waals surface area contributed by atoms with E-state index in [1.807, 2.05) is 16.8 Å². The molecule has 0 aliphatic carbocycles. The van der Waals surface area contributed by atoms with Gasteiger partial charge in [0.15, 0.2) is 5.82 Å². The lowest BCUT2D eigenvalue weighted by Gasteiger charge is -2.52. The summed E-state index contributed by atoms with van der Waals surface area (Å²) in [6, 6.07) is 4.70. The molecular weight excluding hydrogens is 444 g/mol. The second kappa shape index (κ2) is 9.18. The Morgan fingerprint density at radius 3 is 2.61 bits per heavy atom. The summed E-state index contributed by atoms with van der Waals surface area (Å²) in [6.07, 6.45) is -2.40. The minimum Gasteiger partial charge on any atom is -0.475 e. The third kappa shape index (κ3) is 5.70. The van der Waals surface area contributed by atoms with Gasteiger partial charge < -0.3 is 19.5 Å². The van der Waals surface area contributed by atoms with E-state index in [9.17, 15) is 22.4 Å². The fourth-order valence-electron chi connectivity index (χ4n) is 3.28. The van der Waals surface area contributed by atoms with Gasteiger partial charge >= 0.3 is 12.1 Å². The van der Waals surface area contributed by atoms with Gasteiger partial charge in [0.2, 0.25) is 0 Å². The lowest BCUT2D eigenvalue weighted by molar-refractivity contribution is -0.192. The van der Waals surface area contributed by atoms with E-state index in [1.54, 1.807) is 4.90 Å². The second-order valence-corrected chi connectivity index (χ2v) is 7.81. The molecule has 1 N–H and O–H groups in total. The number of carbonyl (C=O) groups is 2. The van der Waals surface area contributed by atoms with Gasteiger partial charge in [-0.3, -0.25) is 4.79 Å². The number of hydrogen-bond acceptors (Lipinski definition) is 6. The van der Waals surface area contributed by atoms with E-state index in [-0.39, 0.29) is 23.5 Å². The molecular formula is C19H18F4N2O5S. The summed E-state index contributed by atoms with van der Waals surface area (Å²) >= 11 is 1.51. The number of likely N-dealkylation sites (tertiary alicyclic amines) is 1. The van der Waals surface area contributed by atoms with Crippen LogP contribution in [0, 0.1) is 5.82 Å². The van der Waals surface area contributed by atoms with Crippen molar-refractivity contribution in [3.05, 3.63) is 46.5 Å².